The third-order valence-corrected chi connectivity index (χ3v) is 5.90. The van der Waals surface area contributed by atoms with Crippen LogP contribution in [0.25, 0.3) is 0 Å². The Balaban J connectivity index is 2.17. The number of amidine groups is 1. The molecule has 0 amide bonds. The Morgan fingerprint density at radius 3 is 1.68 bits per heavy atom. The Kier molecular flexibility index (Phi) is 9.11. The highest BCUT2D eigenvalue weighted by atomic mass is 16.5. The summed E-state index contributed by atoms with van der Waals surface area (Å²) in [6, 6.07) is 14.5. The minimum atomic E-state index is 0.124. The number of aliphatic imine (C=N–C) groups is 1. The summed E-state index contributed by atoms with van der Waals surface area (Å²) in [5.41, 5.74) is 3.57. The highest BCUT2D eigenvalue weighted by Crippen LogP contribution is 2.38. The van der Waals surface area contributed by atoms with E-state index in [4.69, 9.17) is 23.9 Å². The summed E-state index contributed by atoms with van der Waals surface area (Å²) in [5.74, 6) is 3.20. The number of azo groups is 1. The van der Waals surface area contributed by atoms with E-state index in [1.807, 2.05) is 52.0 Å². The molecule has 0 aliphatic rings. The van der Waals surface area contributed by atoms with Gasteiger partial charge in [-0.15, -0.1) is 10.2 Å². The number of hydrogen-bond donors (Lipinski definition) is 1. The normalized spacial score (nSPS) is 11.9. The minimum Gasteiger partial charge on any atom is -0.507 e. The van der Waals surface area contributed by atoms with E-state index in [9.17, 15) is 5.11 Å². The third kappa shape index (κ3) is 6.39. The van der Waals surface area contributed by atoms with Gasteiger partial charge in [-0.25, -0.2) is 4.99 Å². The molecule has 0 atom stereocenters. The monoisotopic (exact) mass is 505 g/mol. The molecule has 0 saturated heterocycles. The van der Waals surface area contributed by atoms with Crippen LogP contribution in [-0.2, 0) is 0 Å². The van der Waals surface area contributed by atoms with Gasteiger partial charge in [-0.2, -0.15) is 0 Å². The van der Waals surface area contributed by atoms with Crippen LogP contribution < -0.4 is 18.9 Å². The van der Waals surface area contributed by atoms with Crippen LogP contribution in [-0.4, -0.2) is 39.4 Å². The van der Waals surface area contributed by atoms with E-state index >= 15 is 0 Å². The predicted octanol–water partition coefficient (Wildman–Crippen LogP) is 7.54. The fourth-order valence-electron chi connectivity index (χ4n) is 3.84. The topological polar surface area (TPSA) is 94.2 Å². The van der Waals surface area contributed by atoms with Gasteiger partial charge in [-0.05, 0) is 65.4 Å². The summed E-state index contributed by atoms with van der Waals surface area (Å²) < 4.78 is 21.7. The molecule has 0 bridgehead atoms. The Morgan fingerprint density at radius 1 is 0.649 bits per heavy atom. The van der Waals surface area contributed by atoms with Crippen molar-refractivity contribution in [1.29, 1.82) is 0 Å². The molecule has 0 aromatic heterocycles. The number of methoxy groups -OCH3 is 4. The van der Waals surface area contributed by atoms with Crippen molar-refractivity contribution in [2.75, 3.05) is 28.4 Å². The SMILES string of the molecule is COc1ccc(N=C(N=Nc2cc(C(C)C)c(O)c(C(C)C)c2)c2ccc(OC)c(OC)c2)cc1OC. The largest absolute Gasteiger partial charge is 0.507 e. The Morgan fingerprint density at radius 2 is 1.16 bits per heavy atom. The Labute approximate surface area is 218 Å². The molecule has 0 aliphatic carbocycles. The molecule has 0 spiro atoms. The predicted molar refractivity (Wildman–Crippen MR) is 146 cm³/mol. The summed E-state index contributed by atoms with van der Waals surface area (Å²) >= 11 is 0. The summed E-state index contributed by atoms with van der Waals surface area (Å²) in [6.45, 7) is 8.14. The average molecular weight is 506 g/mol. The van der Waals surface area contributed by atoms with Gasteiger partial charge in [-0.1, -0.05) is 27.7 Å². The lowest BCUT2D eigenvalue weighted by atomic mass is 9.93. The molecule has 0 saturated carbocycles. The zero-order valence-electron chi connectivity index (χ0n) is 22.7. The minimum absolute atomic E-state index is 0.124. The highest BCUT2D eigenvalue weighted by molar-refractivity contribution is 6.01. The van der Waals surface area contributed by atoms with E-state index in [1.165, 1.54) is 0 Å². The van der Waals surface area contributed by atoms with Crippen LogP contribution in [0.4, 0.5) is 11.4 Å². The first-order chi connectivity index (χ1) is 17.7. The van der Waals surface area contributed by atoms with Crippen molar-refractivity contribution in [2.45, 2.75) is 39.5 Å². The molecule has 1 N–H and O–H groups in total. The fraction of sp³-hybridized carbons (Fsp3) is 0.345. The van der Waals surface area contributed by atoms with E-state index in [-0.39, 0.29) is 11.8 Å². The lowest BCUT2D eigenvalue weighted by molar-refractivity contribution is 0.355. The standard InChI is InChI=1S/C29H35N3O5/c1-17(2)22-14-21(15-23(18(3)4)28(22)33)31-32-29(19-9-11-24(34-5)26(13-19)36-7)30-20-10-12-25(35-6)27(16-20)37-8/h9-18,33H,1-8H3. The van der Waals surface area contributed by atoms with Crippen LogP contribution in [0.1, 0.15) is 56.2 Å². The van der Waals surface area contributed by atoms with E-state index in [0.717, 1.165) is 11.1 Å². The second-order valence-corrected chi connectivity index (χ2v) is 9.03. The fourth-order valence-corrected chi connectivity index (χ4v) is 3.84. The van der Waals surface area contributed by atoms with Crippen molar-refractivity contribution >= 4 is 17.2 Å². The van der Waals surface area contributed by atoms with Crippen LogP contribution in [0.2, 0.25) is 0 Å². The van der Waals surface area contributed by atoms with E-state index in [2.05, 4.69) is 10.2 Å². The maximum Gasteiger partial charge on any atom is 0.182 e. The molecule has 196 valence electrons. The average Bonchev–Trinajstić information content (AvgIpc) is 2.90. The van der Waals surface area contributed by atoms with Gasteiger partial charge in [0.2, 0.25) is 0 Å². The quantitative estimate of drug-likeness (QED) is 0.184. The molecule has 8 heteroatoms. The van der Waals surface area contributed by atoms with Gasteiger partial charge in [0.05, 0.1) is 39.8 Å². The number of rotatable bonds is 9. The number of benzene rings is 3. The molecule has 3 aromatic rings. The number of phenols is 1. The van der Waals surface area contributed by atoms with Crippen molar-refractivity contribution in [3.8, 4) is 28.7 Å². The molecule has 0 radical (unpaired) electrons. The van der Waals surface area contributed by atoms with Crippen molar-refractivity contribution in [1.82, 2.24) is 0 Å². The van der Waals surface area contributed by atoms with Gasteiger partial charge in [-0.3, -0.25) is 0 Å². The molecule has 37 heavy (non-hydrogen) atoms. The molecule has 3 rings (SSSR count). The maximum absolute atomic E-state index is 10.8. The summed E-state index contributed by atoms with van der Waals surface area (Å²) in [7, 11) is 6.31. The molecule has 3 aromatic carbocycles. The van der Waals surface area contributed by atoms with Gasteiger partial charge in [0, 0.05) is 11.6 Å². The molecule has 0 unspecified atom stereocenters. The second-order valence-electron chi connectivity index (χ2n) is 9.03. The molecular weight excluding hydrogens is 470 g/mol. The molecule has 0 fully saturated rings. The highest BCUT2D eigenvalue weighted by Gasteiger charge is 2.16. The zero-order valence-corrected chi connectivity index (χ0v) is 22.7. The summed E-state index contributed by atoms with van der Waals surface area (Å²) in [5, 5.41) is 19.8. The van der Waals surface area contributed by atoms with Crippen LogP contribution in [0.3, 0.4) is 0 Å². The van der Waals surface area contributed by atoms with Crippen molar-refractivity contribution in [3.63, 3.8) is 0 Å². The van der Waals surface area contributed by atoms with Crippen molar-refractivity contribution in [3.05, 3.63) is 65.2 Å². The van der Waals surface area contributed by atoms with Gasteiger partial charge in [0.25, 0.3) is 0 Å². The zero-order chi connectivity index (χ0) is 27.1. The first-order valence-electron chi connectivity index (χ1n) is 12.0. The first-order valence-corrected chi connectivity index (χ1v) is 12.0. The van der Waals surface area contributed by atoms with Crippen molar-refractivity contribution < 1.29 is 24.1 Å². The van der Waals surface area contributed by atoms with Gasteiger partial charge >= 0.3 is 0 Å². The molecule has 0 heterocycles. The van der Waals surface area contributed by atoms with Gasteiger partial charge in [0.15, 0.2) is 28.8 Å². The van der Waals surface area contributed by atoms with Gasteiger partial charge < -0.3 is 24.1 Å². The van der Waals surface area contributed by atoms with Crippen LogP contribution in [0, 0.1) is 0 Å². The van der Waals surface area contributed by atoms with E-state index < -0.39 is 0 Å². The number of hydrogen-bond acceptors (Lipinski definition) is 7. The molecular formula is C29H35N3O5. The molecule has 8 nitrogen and oxygen atoms in total. The van der Waals surface area contributed by atoms with Crippen LogP contribution >= 0.6 is 0 Å². The summed E-state index contributed by atoms with van der Waals surface area (Å²) in [4.78, 5) is 4.77. The first kappa shape index (κ1) is 27.5. The van der Waals surface area contributed by atoms with Crippen LogP contribution in [0.15, 0.2) is 63.8 Å². The Bertz CT molecular complexity index is 1270. The van der Waals surface area contributed by atoms with E-state index in [0.29, 0.717) is 51.5 Å². The Hall–Kier alpha value is -4.07. The summed E-state index contributed by atoms with van der Waals surface area (Å²) in [6.07, 6.45) is 0. The smallest absolute Gasteiger partial charge is 0.182 e. The number of phenolic OH excluding ortho intramolecular Hbond substituents is 1. The second kappa shape index (κ2) is 12.3. The maximum atomic E-state index is 10.8. The number of aromatic hydroxyl groups is 1. The van der Waals surface area contributed by atoms with E-state index in [1.54, 1.807) is 52.7 Å². The number of ether oxygens (including phenoxy) is 4. The van der Waals surface area contributed by atoms with Crippen molar-refractivity contribution in [2.24, 2.45) is 15.2 Å². The van der Waals surface area contributed by atoms with Gasteiger partial charge in [0.1, 0.15) is 5.75 Å². The number of nitrogens with zero attached hydrogens (tertiary/aromatic N) is 3. The molecule has 0 aliphatic heterocycles. The lowest BCUT2D eigenvalue weighted by Gasteiger charge is -2.16. The van der Waals surface area contributed by atoms with Crippen LogP contribution in [0.5, 0.6) is 28.7 Å². The third-order valence-electron chi connectivity index (χ3n) is 5.90. The lowest BCUT2D eigenvalue weighted by Crippen LogP contribution is -1.99.